The van der Waals surface area contributed by atoms with Crippen LogP contribution in [0.2, 0.25) is 0 Å². The average molecular weight is 326 g/mol. The van der Waals surface area contributed by atoms with Crippen molar-refractivity contribution >= 4 is 15.9 Å². The SMILES string of the molecule is CC1CCCCC1N(C)C(CN)c1cncc(Br)c1. The summed E-state index contributed by atoms with van der Waals surface area (Å²) in [7, 11) is 2.21. The monoisotopic (exact) mass is 325 g/mol. The van der Waals surface area contributed by atoms with Crippen molar-refractivity contribution in [2.24, 2.45) is 11.7 Å². The highest BCUT2D eigenvalue weighted by molar-refractivity contribution is 9.10. The maximum absolute atomic E-state index is 6.02. The molecule has 19 heavy (non-hydrogen) atoms. The van der Waals surface area contributed by atoms with E-state index < -0.39 is 0 Å². The molecule has 106 valence electrons. The van der Waals surface area contributed by atoms with E-state index in [0.29, 0.717) is 12.6 Å². The van der Waals surface area contributed by atoms with Gasteiger partial charge in [0, 0.05) is 35.5 Å². The largest absolute Gasteiger partial charge is 0.329 e. The van der Waals surface area contributed by atoms with Gasteiger partial charge < -0.3 is 5.73 Å². The number of halogens is 1. The van der Waals surface area contributed by atoms with Crippen molar-refractivity contribution in [3.63, 3.8) is 0 Å². The fourth-order valence-electron chi connectivity index (χ4n) is 3.28. The molecule has 4 heteroatoms. The lowest BCUT2D eigenvalue weighted by Gasteiger charge is -2.40. The van der Waals surface area contributed by atoms with Crippen molar-refractivity contribution in [1.29, 1.82) is 0 Å². The maximum Gasteiger partial charge on any atom is 0.0486 e. The Bertz CT molecular complexity index is 410. The van der Waals surface area contributed by atoms with Crippen molar-refractivity contribution in [1.82, 2.24) is 9.88 Å². The van der Waals surface area contributed by atoms with Gasteiger partial charge in [0.15, 0.2) is 0 Å². The second-order valence-corrected chi connectivity index (χ2v) is 6.60. The number of hydrogen-bond acceptors (Lipinski definition) is 3. The molecule has 1 aliphatic rings. The Kier molecular flexibility index (Phi) is 5.37. The van der Waals surface area contributed by atoms with E-state index in [4.69, 9.17) is 5.73 Å². The van der Waals surface area contributed by atoms with E-state index in [2.05, 4.69) is 45.9 Å². The summed E-state index contributed by atoms with van der Waals surface area (Å²) in [5.74, 6) is 0.757. The van der Waals surface area contributed by atoms with Crippen LogP contribution in [-0.2, 0) is 0 Å². The molecule has 1 fully saturated rings. The first kappa shape index (κ1) is 14.9. The van der Waals surface area contributed by atoms with Gasteiger partial charge >= 0.3 is 0 Å². The van der Waals surface area contributed by atoms with Crippen molar-refractivity contribution in [3.05, 3.63) is 28.5 Å². The van der Waals surface area contributed by atoms with E-state index in [-0.39, 0.29) is 6.04 Å². The Morgan fingerprint density at radius 3 is 2.79 bits per heavy atom. The van der Waals surface area contributed by atoms with E-state index in [1.54, 1.807) is 0 Å². The number of nitrogens with zero attached hydrogens (tertiary/aromatic N) is 2. The van der Waals surface area contributed by atoms with E-state index >= 15 is 0 Å². The summed E-state index contributed by atoms with van der Waals surface area (Å²) in [5, 5.41) is 0. The molecule has 0 spiro atoms. The van der Waals surface area contributed by atoms with Crippen LogP contribution in [0.3, 0.4) is 0 Å². The minimum atomic E-state index is 0.260. The summed E-state index contributed by atoms with van der Waals surface area (Å²) in [4.78, 5) is 6.74. The highest BCUT2D eigenvalue weighted by Gasteiger charge is 2.29. The minimum absolute atomic E-state index is 0.260. The fourth-order valence-corrected chi connectivity index (χ4v) is 3.66. The number of pyridine rings is 1. The third-order valence-corrected chi connectivity index (χ3v) is 4.85. The first-order valence-corrected chi connectivity index (χ1v) is 7.95. The van der Waals surface area contributed by atoms with Gasteiger partial charge in [-0.2, -0.15) is 0 Å². The Morgan fingerprint density at radius 2 is 2.16 bits per heavy atom. The second kappa shape index (κ2) is 6.82. The van der Waals surface area contributed by atoms with Crippen LogP contribution in [0.1, 0.15) is 44.2 Å². The summed E-state index contributed by atoms with van der Waals surface area (Å²) < 4.78 is 1.02. The van der Waals surface area contributed by atoms with E-state index in [1.165, 1.54) is 31.2 Å². The zero-order valence-corrected chi connectivity index (χ0v) is 13.4. The quantitative estimate of drug-likeness (QED) is 0.923. The zero-order chi connectivity index (χ0) is 13.8. The smallest absolute Gasteiger partial charge is 0.0486 e. The Labute approximate surface area is 124 Å². The molecule has 1 aromatic rings. The molecule has 0 saturated heterocycles. The highest BCUT2D eigenvalue weighted by atomic mass is 79.9. The minimum Gasteiger partial charge on any atom is -0.329 e. The number of hydrogen-bond donors (Lipinski definition) is 1. The fraction of sp³-hybridized carbons (Fsp3) is 0.667. The van der Waals surface area contributed by atoms with Crippen LogP contribution in [0, 0.1) is 5.92 Å². The third-order valence-electron chi connectivity index (χ3n) is 4.42. The van der Waals surface area contributed by atoms with Crippen molar-refractivity contribution < 1.29 is 0 Å². The Balaban J connectivity index is 2.16. The molecule has 1 saturated carbocycles. The molecule has 0 radical (unpaired) electrons. The predicted octanol–water partition coefficient (Wildman–Crippen LogP) is 3.35. The molecule has 0 amide bonds. The Hall–Kier alpha value is -0.450. The van der Waals surface area contributed by atoms with Crippen molar-refractivity contribution in [3.8, 4) is 0 Å². The van der Waals surface area contributed by atoms with Gasteiger partial charge in [-0.3, -0.25) is 9.88 Å². The highest BCUT2D eigenvalue weighted by Crippen LogP contribution is 2.32. The summed E-state index contributed by atoms with van der Waals surface area (Å²) in [6, 6.07) is 3.03. The molecule has 1 aromatic heterocycles. The van der Waals surface area contributed by atoms with Crippen molar-refractivity contribution in [2.45, 2.75) is 44.7 Å². The summed E-state index contributed by atoms with van der Waals surface area (Å²) in [5.41, 5.74) is 7.23. The molecule has 3 atom stereocenters. The van der Waals surface area contributed by atoms with Crippen LogP contribution >= 0.6 is 15.9 Å². The normalized spacial score (nSPS) is 25.5. The number of nitrogens with two attached hydrogens (primary N) is 1. The first-order valence-electron chi connectivity index (χ1n) is 7.16. The number of rotatable bonds is 4. The predicted molar refractivity (Wildman–Crippen MR) is 82.9 cm³/mol. The van der Waals surface area contributed by atoms with Gasteiger partial charge in [-0.25, -0.2) is 0 Å². The molecule has 2 rings (SSSR count). The molecule has 2 N–H and O–H groups in total. The average Bonchev–Trinajstić information content (AvgIpc) is 2.40. The van der Waals surface area contributed by atoms with Crippen LogP contribution in [0.5, 0.6) is 0 Å². The molecule has 3 nitrogen and oxygen atoms in total. The van der Waals surface area contributed by atoms with Crippen molar-refractivity contribution in [2.75, 3.05) is 13.6 Å². The molecule has 0 aromatic carbocycles. The molecule has 1 aliphatic carbocycles. The summed E-state index contributed by atoms with van der Waals surface area (Å²) >= 11 is 3.49. The van der Waals surface area contributed by atoms with Gasteiger partial charge in [-0.15, -0.1) is 0 Å². The van der Waals surface area contributed by atoms with E-state index in [0.717, 1.165) is 10.4 Å². The molecule has 0 aliphatic heterocycles. The van der Waals surface area contributed by atoms with Crippen LogP contribution in [-0.4, -0.2) is 29.5 Å². The molecular formula is C15H24BrN3. The lowest BCUT2D eigenvalue weighted by molar-refractivity contribution is 0.0990. The van der Waals surface area contributed by atoms with Crippen LogP contribution in [0.4, 0.5) is 0 Å². The lowest BCUT2D eigenvalue weighted by atomic mass is 9.84. The molecule has 0 bridgehead atoms. The number of likely N-dealkylation sites (N-methyl/N-ethyl adjacent to an activating group) is 1. The third kappa shape index (κ3) is 3.56. The number of aromatic nitrogens is 1. The summed E-state index contributed by atoms with van der Waals surface area (Å²) in [6.07, 6.45) is 9.09. The standard InChI is InChI=1S/C15H24BrN3/c1-11-5-3-4-6-14(11)19(2)15(8-17)12-7-13(16)10-18-9-12/h7,9-11,14-15H,3-6,8,17H2,1-2H3. The van der Waals surface area contributed by atoms with Gasteiger partial charge in [0.25, 0.3) is 0 Å². The van der Waals surface area contributed by atoms with Gasteiger partial charge in [0.05, 0.1) is 0 Å². The van der Waals surface area contributed by atoms with E-state index in [1.807, 2.05) is 12.4 Å². The summed E-state index contributed by atoms with van der Waals surface area (Å²) in [6.45, 7) is 3.00. The second-order valence-electron chi connectivity index (χ2n) is 5.68. The Morgan fingerprint density at radius 1 is 1.42 bits per heavy atom. The van der Waals surface area contributed by atoms with Crippen LogP contribution in [0.15, 0.2) is 22.9 Å². The van der Waals surface area contributed by atoms with Crippen LogP contribution in [0.25, 0.3) is 0 Å². The molecule has 3 unspecified atom stereocenters. The van der Waals surface area contributed by atoms with Gasteiger partial charge in [0.1, 0.15) is 0 Å². The zero-order valence-electron chi connectivity index (χ0n) is 11.8. The first-order chi connectivity index (χ1) is 9.13. The van der Waals surface area contributed by atoms with E-state index in [9.17, 15) is 0 Å². The molecular weight excluding hydrogens is 302 g/mol. The van der Waals surface area contributed by atoms with Gasteiger partial charge in [0.2, 0.25) is 0 Å². The van der Waals surface area contributed by atoms with Gasteiger partial charge in [-0.05, 0) is 53.4 Å². The van der Waals surface area contributed by atoms with Crippen LogP contribution < -0.4 is 5.73 Å². The topological polar surface area (TPSA) is 42.1 Å². The lowest BCUT2D eigenvalue weighted by Crippen LogP contribution is -2.43. The maximum atomic E-state index is 6.02. The molecule has 1 heterocycles. The van der Waals surface area contributed by atoms with Gasteiger partial charge in [-0.1, -0.05) is 19.8 Å².